The van der Waals surface area contributed by atoms with Gasteiger partial charge in [0.25, 0.3) is 0 Å². The molecule has 1 heterocycles. The Kier molecular flexibility index (Phi) is 8.98. The molecule has 1 aliphatic heterocycles. The summed E-state index contributed by atoms with van der Waals surface area (Å²) in [4.78, 5) is 33.9. The molecule has 8 heteroatoms. The minimum atomic E-state index is -0.992. The van der Waals surface area contributed by atoms with Crippen molar-refractivity contribution < 1.29 is 23.9 Å². The van der Waals surface area contributed by atoms with Crippen LogP contribution in [0.15, 0.2) is 108 Å². The lowest BCUT2D eigenvalue weighted by Crippen LogP contribution is -2.43. The van der Waals surface area contributed by atoms with Crippen LogP contribution in [-0.2, 0) is 25.5 Å². The molecule has 1 N–H and O–H groups in total. The monoisotopic (exact) mass is 589 g/mol. The molecule has 1 saturated heterocycles. The van der Waals surface area contributed by atoms with Crippen LogP contribution >= 0.6 is 0 Å². The van der Waals surface area contributed by atoms with E-state index in [0.717, 1.165) is 52.2 Å². The fourth-order valence-corrected chi connectivity index (χ4v) is 5.79. The highest BCUT2D eigenvalue weighted by Crippen LogP contribution is 2.44. The van der Waals surface area contributed by atoms with Gasteiger partial charge in [-0.3, -0.25) is 0 Å². The Labute approximate surface area is 257 Å². The predicted molar refractivity (Wildman–Crippen MR) is 170 cm³/mol. The van der Waals surface area contributed by atoms with Crippen molar-refractivity contribution in [2.24, 2.45) is 5.16 Å². The number of oxime groups is 1. The van der Waals surface area contributed by atoms with E-state index >= 15 is 0 Å². The van der Waals surface area contributed by atoms with Crippen molar-refractivity contribution >= 4 is 23.5 Å². The fourth-order valence-electron chi connectivity index (χ4n) is 5.79. The van der Waals surface area contributed by atoms with E-state index in [0.29, 0.717) is 18.9 Å². The molecule has 1 amide bonds. The zero-order valence-corrected chi connectivity index (χ0v) is 24.6. The Hall–Kier alpha value is -4.95. The number of amides is 1. The summed E-state index contributed by atoms with van der Waals surface area (Å²) in [6.45, 7) is 5.05. The highest BCUT2D eigenvalue weighted by atomic mass is 16.7. The zero-order valence-electron chi connectivity index (χ0n) is 24.6. The van der Waals surface area contributed by atoms with Crippen molar-refractivity contribution in [1.29, 1.82) is 0 Å². The summed E-state index contributed by atoms with van der Waals surface area (Å²) in [5, 5.41) is 6.83. The molecule has 4 aromatic carbocycles. The molecule has 1 atom stereocenters. The summed E-state index contributed by atoms with van der Waals surface area (Å²) < 4.78 is 11.1. The van der Waals surface area contributed by atoms with Crippen LogP contribution in [0.25, 0.3) is 11.1 Å². The Morgan fingerprint density at radius 3 is 2.14 bits per heavy atom. The Bertz CT molecular complexity index is 1590. The molecule has 4 aromatic rings. The number of nitrogens with one attached hydrogen (secondary N) is 1. The predicted octanol–water partition coefficient (Wildman–Crippen LogP) is 5.94. The van der Waals surface area contributed by atoms with Gasteiger partial charge in [0.2, 0.25) is 0 Å². The maximum atomic E-state index is 13.2. The van der Waals surface area contributed by atoms with E-state index in [-0.39, 0.29) is 18.9 Å². The van der Waals surface area contributed by atoms with E-state index < -0.39 is 18.1 Å². The van der Waals surface area contributed by atoms with Gasteiger partial charge >= 0.3 is 12.1 Å². The fraction of sp³-hybridized carbons (Fsp3) is 0.250. The third kappa shape index (κ3) is 6.66. The van der Waals surface area contributed by atoms with Crippen LogP contribution < -0.4 is 10.2 Å². The number of fused-ring (bicyclic) bond motifs is 3. The van der Waals surface area contributed by atoms with Gasteiger partial charge in [-0.05, 0) is 52.4 Å². The summed E-state index contributed by atoms with van der Waals surface area (Å²) in [5.41, 5.74) is 7.88. The van der Waals surface area contributed by atoms with Crippen molar-refractivity contribution in [2.75, 3.05) is 37.8 Å². The van der Waals surface area contributed by atoms with Crippen LogP contribution in [0.5, 0.6) is 0 Å². The molecule has 1 aliphatic carbocycles. The molecule has 6 rings (SSSR count). The first-order valence-electron chi connectivity index (χ1n) is 14.9. The average Bonchev–Trinajstić information content (AvgIpc) is 3.40. The van der Waals surface area contributed by atoms with Gasteiger partial charge in [0.15, 0.2) is 0 Å². The second-order valence-electron chi connectivity index (χ2n) is 10.9. The van der Waals surface area contributed by atoms with Crippen LogP contribution in [0.3, 0.4) is 0 Å². The number of ether oxygens (including phenoxy) is 2. The van der Waals surface area contributed by atoms with Crippen LogP contribution in [0.1, 0.15) is 35.1 Å². The average molecular weight is 590 g/mol. The van der Waals surface area contributed by atoms with Crippen molar-refractivity contribution in [3.8, 4) is 11.1 Å². The summed E-state index contributed by atoms with van der Waals surface area (Å²) >= 11 is 0. The van der Waals surface area contributed by atoms with Gasteiger partial charge in [-0.2, -0.15) is 0 Å². The van der Waals surface area contributed by atoms with Gasteiger partial charge in [0.05, 0.1) is 18.9 Å². The molecule has 8 nitrogen and oxygen atoms in total. The van der Waals surface area contributed by atoms with Gasteiger partial charge in [-0.25, -0.2) is 9.59 Å². The minimum absolute atomic E-state index is 0.0884. The van der Waals surface area contributed by atoms with Crippen LogP contribution in [-0.4, -0.2) is 56.7 Å². The van der Waals surface area contributed by atoms with Gasteiger partial charge in [0, 0.05) is 31.1 Å². The molecular weight excluding hydrogens is 554 g/mol. The molecule has 0 aromatic heterocycles. The standard InChI is InChI=1S/C36H35N3O5/c1-25(27-15-17-28(18-16-27)39-19-21-42-22-20-39)38-44-35(40)34(23-26-9-3-2-4-10-26)37-36(41)43-24-33-31-13-7-5-11-29(31)30-12-6-8-14-32(30)33/h2-18,33-34H,19-24H2,1H3,(H,37,41)/b38-25+/t34-/m0/s1. The lowest BCUT2D eigenvalue weighted by Gasteiger charge is -2.28. The number of hydrogen-bond acceptors (Lipinski definition) is 7. The molecule has 224 valence electrons. The third-order valence-electron chi connectivity index (χ3n) is 8.14. The van der Waals surface area contributed by atoms with E-state index in [1.807, 2.05) is 78.9 Å². The second kappa shape index (κ2) is 13.6. The third-order valence-corrected chi connectivity index (χ3v) is 8.14. The van der Waals surface area contributed by atoms with Crippen LogP contribution in [0.2, 0.25) is 0 Å². The van der Waals surface area contributed by atoms with E-state index in [1.54, 1.807) is 6.92 Å². The number of anilines is 1. The quantitative estimate of drug-likeness (QED) is 0.148. The summed E-state index contributed by atoms with van der Waals surface area (Å²) in [5.74, 6) is -0.763. The Morgan fingerprint density at radius 1 is 0.864 bits per heavy atom. The molecular formula is C36H35N3O5. The van der Waals surface area contributed by atoms with Gasteiger partial charge in [-0.15, -0.1) is 0 Å². The minimum Gasteiger partial charge on any atom is -0.449 e. The summed E-state index contributed by atoms with van der Waals surface area (Å²) in [7, 11) is 0. The molecule has 0 bridgehead atoms. The lowest BCUT2D eigenvalue weighted by atomic mass is 9.98. The summed E-state index contributed by atoms with van der Waals surface area (Å²) in [6, 6.07) is 32.7. The van der Waals surface area contributed by atoms with Crippen molar-refractivity contribution in [1.82, 2.24) is 5.32 Å². The topological polar surface area (TPSA) is 89.5 Å². The molecule has 0 spiro atoms. The SMILES string of the molecule is C/C(=N\OC(=O)[C@H](Cc1ccccc1)NC(=O)OCC1c2ccccc2-c2ccccc21)c1ccc(N2CCOCC2)cc1. The number of alkyl carbamates (subject to hydrolysis) is 1. The maximum absolute atomic E-state index is 13.2. The zero-order chi connectivity index (χ0) is 30.3. The van der Waals surface area contributed by atoms with Gasteiger partial charge in [0.1, 0.15) is 12.6 Å². The molecule has 1 fully saturated rings. The number of carbonyl (C=O) groups excluding carboxylic acids is 2. The first-order valence-corrected chi connectivity index (χ1v) is 14.9. The van der Waals surface area contributed by atoms with Crippen molar-refractivity contribution in [3.05, 3.63) is 125 Å². The van der Waals surface area contributed by atoms with Crippen molar-refractivity contribution in [3.63, 3.8) is 0 Å². The van der Waals surface area contributed by atoms with E-state index in [4.69, 9.17) is 14.3 Å². The lowest BCUT2D eigenvalue weighted by molar-refractivity contribution is -0.146. The molecule has 0 radical (unpaired) electrons. The van der Waals surface area contributed by atoms with E-state index in [9.17, 15) is 9.59 Å². The van der Waals surface area contributed by atoms with Gasteiger partial charge < -0.3 is 24.5 Å². The highest BCUT2D eigenvalue weighted by molar-refractivity contribution is 5.99. The first kappa shape index (κ1) is 29.1. The van der Waals surface area contributed by atoms with Crippen LogP contribution in [0.4, 0.5) is 10.5 Å². The first-order chi connectivity index (χ1) is 21.6. The van der Waals surface area contributed by atoms with E-state index in [1.165, 1.54) is 0 Å². The summed E-state index contributed by atoms with van der Waals surface area (Å²) in [6.07, 6.45) is -0.462. The van der Waals surface area contributed by atoms with Gasteiger partial charge in [-0.1, -0.05) is 96.2 Å². The number of carbonyl (C=O) groups is 2. The molecule has 44 heavy (non-hydrogen) atoms. The Balaban J connectivity index is 1.11. The number of morpholine rings is 1. The van der Waals surface area contributed by atoms with Crippen molar-refractivity contribution in [2.45, 2.75) is 25.3 Å². The second-order valence-corrected chi connectivity index (χ2v) is 10.9. The van der Waals surface area contributed by atoms with Crippen LogP contribution in [0, 0.1) is 0 Å². The smallest absolute Gasteiger partial charge is 0.407 e. The number of nitrogens with zero attached hydrogens (tertiary/aromatic N) is 2. The Morgan fingerprint density at radius 2 is 1.48 bits per heavy atom. The van der Waals surface area contributed by atoms with E-state index in [2.05, 4.69) is 39.6 Å². The normalized spacial score (nSPS) is 15.2. The number of rotatable bonds is 9. The largest absolute Gasteiger partial charge is 0.449 e. The molecule has 2 aliphatic rings. The number of benzene rings is 4. The maximum Gasteiger partial charge on any atom is 0.407 e. The molecule has 0 unspecified atom stereocenters. The number of hydrogen-bond donors (Lipinski definition) is 1. The molecule has 0 saturated carbocycles. The highest BCUT2D eigenvalue weighted by Gasteiger charge is 2.30.